The van der Waals surface area contributed by atoms with Crippen LogP contribution in [0.4, 0.5) is 0 Å². The predicted molar refractivity (Wildman–Crippen MR) is 78.4 cm³/mol. The van der Waals surface area contributed by atoms with Gasteiger partial charge in [0.25, 0.3) is 0 Å². The van der Waals surface area contributed by atoms with Gasteiger partial charge in [-0.2, -0.15) is 0 Å². The molecule has 0 fully saturated rings. The van der Waals surface area contributed by atoms with Crippen LogP contribution in [-0.4, -0.2) is 17.6 Å². The average Bonchev–Trinajstić information content (AvgIpc) is 2.50. The zero-order chi connectivity index (χ0) is 14.2. The Morgan fingerprint density at radius 3 is 2.55 bits per heavy atom. The van der Waals surface area contributed by atoms with Gasteiger partial charge in [-0.3, -0.25) is 9.78 Å². The number of ether oxygens (including phenoxy) is 1. The molecule has 0 saturated carbocycles. The monoisotopic (exact) mass is 269 g/mol. The number of benzene rings is 1. The van der Waals surface area contributed by atoms with Gasteiger partial charge in [0, 0.05) is 24.2 Å². The van der Waals surface area contributed by atoms with Gasteiger partial charge in [-0.15, -0.1) is 0 Å². The number of hydrogen-bond donors (Lipinski definition) is 0. The van der Waals surface area contributed by atoms with E-state index in [4.69, 9.17) is 4.74 Å². The van der Waals surface area contributed by atoms with E-state index in [2.05, 4.69) is 17.1 Å². The molecule has 0 unspecified atom stereocenters. The molecule has 0 amide bonds. The highest BCUT2D eigenvalue weighted by atomic mass is 16.5. The van der Waals surface area contributed by atoms with Gasteiger partial charge >= 0.3 is 5.97 Å². The fourth-order valence-electron chi connectivity index (χ4n) is 2.25. The molecule has 1 heterocycles. The molecule has 0 aliphatic heterocycles. The summed E-state index contributed by atoms with van der Waals surface area (Å²) >= 11 is 0. The first-order valence-corrected chi connectivity index (χ1v) is 6.92. The van der Waals surface area contributed by atoms with Crippen molar-refractivity contribution in [2.75, 3.05) is 6.61 Å². The summed E-state index contributed by atoms with van der Waals surface area (Å²) in [6, 6.07) is 16.0. The molecule has 20 heavy (non-hydrogen) atoms. The van der Waals surface area contributed by atoms with Crippen molar-refractivity contribution in [3.05, 3.63) is 66.0 Å². The molecule has 0 saturated heterocycles. The van der Waals surface area contributed by atoms with Crippen molar-refractivity contribution in [2.24, 2.45) is 0 Å². The van der Waals surface area contributed by atoms with Gasteiger partial charge < -0.3 is 4.74 Å². The normalized spacial score (nSPS) is 11.8. The molecular weight excluding hydrogens is 250 g/mol. The van der Waals surface area contributed by atoms with Crippen molar-refractivity contribution in [3.8, 4) is 0 Å². The van der Waals surface area contributed by atoms with Crippen molar-refractivity contribution in [1.82, 2.24) is 4.98 Å². The van der Waals surface area contributed by atoms with Crippen molar-refractivity contribution in [1.29, 1.82) is 0 Å². The highest BCUT2D eigenvalue weighted by molar-refractivity contribution is 5.69. The van der Waals surface area contributed by atoms with Crippen LogP contribution in [-0.2, 0) is 9.53 Å². The average molecular weight is 269 g/mol. The van der Waals surface area contributed by atoms with Crippen LogP contribution in [0.2, 0.25) is 0 Å². The molecule has 2 rings (SSSR count). The van der Waals surface area contributed by atoms with E-state index < -0.39 is 0 Å². The van der Waals surface area contributed by atoms with E-state index >= 15 is 0 Å². The molecule has 0 aliphatic carbocycles. The first-order chi connectivity index (χ1) is 9.81. The Labute approximate surface area is 119 Å². The Morgan fingerprint density at radius 2 is 1.90 bits per heavy atom. The van der Waals surface area contributed by atoms with Crippen LogP contribution < -0.4 is 0 Å². The van der Waals surface area contributed by atoms with Crippen LogP contribution >= 0.6 is 0 Å². The number of nitrogens with zero attached hydrogens (tertiary/aromatic N) is 1. The van der Waals surface area contributed by atoms with E-state index in [1.165, 1.54) is 5.56 Å². The lowest BCUT2D eigenvalue weighted by molar-refractivity contribution is -0.143. The van der Waals surface area contributed by atoms with Crippen LogP contribution in [0.5, 0.6) is 0 Å². The third kappa shape index (κ3) is 3.92. The maximum Gasteiger partial charge on any atom is 0.305 e. The van der Waals surface area contributed by atoms with Crippen LogP contribution in [0.15, 0.2) is 54.7 Å². The first kappa shape index (κ1) is 14.3. The number of rotatable bonds is 6. The lowest BCUT2D eigenvalue weighted by atomic mass is 9.91. The molecular formula is C17H19NO2. The standard InChI is InChI=1S/C17H19NO2/c1-2-20-17(19)12-11-15(14-8-4-3-5-9-14)16-10-6-7-13-18-16/h3-10,13,15H,2,11-12H2,1H3/t15-/m1/s1. The van der Waals surface area contributed by atoms with E-state index in [9.17, 15) is 4.79 Å². The second-order valence-corrected chi connectivity index (χ2v) is 4.56. The van der Waals surface area contributed by atoms with Gasteiger partial charge in [-0.1, -0.05) is 36.4 Å². The maximum atomic E-state index is 11.6. The Hall–Kier alpha value is -2.16. The molecule has 104 valence electrons. The zero-order valence-corrected chi connectivity index (χ0v) is 11.7. The van der Waals surface area contributed by atoms with E-state index in [1.54, 1.807) is 6.20 Å². The summed E-state index contributed by atoms with van der Waals surface area (Å²) in [4.78, 5) is 16.0. The first-order valence-electron chi connectivity index (χ1n) is 6.92. The summed E-state index contributed by atoms with van der Waals surface area (Å²) in [6.07, 6.45) is 2.90. The van der Waals surface area contributed by atoms with Crippen molar-refractivity contribution < 1.29 is 9.53 Å². The Balaban J connectivity index is 2.15. The molecule has 1 atom stereocenters. The smallest absolute Gasteiger partial charge is 0.305 e. The van der Waals surface area contributed by atoms with E-state index in [-0.39, 0.29) is 11.9 Å². The topological polar surface area (TPSA) is 39.2 Å². The molecule has 0 spiro atoms. The van der Waals surface area contributed by atoms with Gasteiger partial charge in [0.2, 0.25) is 0 Å². The van der Waals surface area contributed by atoms with Gasteiger partial charge in [-0.25, -0.2) is 0 Å². The maximum absolute atomic E-state index is 11.6. The van der Waals surface area contributed by atoms with Crippen molar-refractivity contribution in [3.63, 3.8) is 0 Å². The fraction of sp³-hybridized carbons (Fsp3) is 0.294. The zero-order valence-electron chi connectivity index (χ0n) is 11.7. The number of carbonyl (C=O) groups excluding carboxylic acids is 1. The molecule has 1 aromatic heterocycles. The molecule has 2 aromatic rings. The van der Waals surface area contributed by atoms with Crippen LogP contribution in [0.3, 0.4) is 0 Å². The largest absolute Gasteiger partial charge is 0.466 e. The molecule has 0 aliphatic rings. The molecule has 3 heteroatoms. The summed E-state index contributed by atoms with van der Waals surface area (Å²) in [5, 5.41) is 0. The van der Waals surface area contributed by atoms with Gasteiger partial charge in [0.1, 0.15) is 0 Å². The summed E-state index contributed by atoms with van der Waals surface area (Å²) < 4.78 is 5.00. The summed E-state index contributed by atoms with van der Waals surface area (Å²) in [5.41, 5.74) is 2.17. The van der Waals surface area contributed by atoms with E-state index in [0.29, 0.717) is 19.4 Å². The second kappa shape index (κ2) is 7.43. The van der Waals surface area contributed by atoms with Gasteiger partial charge in [0.15, 0.2) is 0 Å². The minimum absolute atomic E-state index is 0.127. The molecule has 1 aromatic carbocycles. The minimum atomic E-state index is -0.149. The minimum Gasteiger partial charge on any atom is -0.466 e. The van der Waals surface area contributed by atoms with Crippen LogP contribution in [0, 0.1) is 0 Å². The molecule has 0 radical (unpaired) electrons. The molecule has 0 N–H and O–H groups in total. The highest BCUT2D eigenvalue weighted by Crippen LogP contribution is 2.27. The Kier molecular flexibility index (Phi) is 5.30. The Morgan fingerprint density at radius 1 is 1.15 bits per heavy atom. The third-order valence-corrected chi connectivity index (χ3v) is 3.19. The SMILES string of the molecule is CCOC(=O)CC[C@H](c1ccccc1)c1ccccn1. The summed E-state index contributed by atoms with van der Waals surface area (Å²) in [7, 11) is 0. The van der Waals surface area contributed by atoms with Crippen molar-refractivity contribution in [2.45, 2.75) is 25.7 Å². The van der Waals surface area contributed by atoms with E-state index in [1.807, 2.05) is 43.3 Å². The highest BCUT2D eigenvalue weighted by Gasteiger charge is 2.17. The number of pyridine rings is 1. The van der Waals surface area contributed by atoms with Crippen LogP contribution in [0.1, 0.15) is 36.9 Å². The number of hydrogen-bond acceptors (Lipinski definition) is 3. The lowest BCUT2D eigenvalue weighted by Crippen LogP contribution is -2.09. The van der Waals surface area contributed by atoms with Gasteiger partial charge in [0.05, 0.1) is 6.61 Å². The van der Waals surface area contributed by atoms with E-state index in [0.717, 1.165) is 5.69 Å². The predicted octanol–water partition coefficient (Wildman–Crippen LogP) is 3.56. The molecule has 3 nitrogen and oxygen atoms in total. The van der Waals surface area contributed by atoms with Crippen molar-refractivity contribution >= 4 is 5.97 Å². The summed E-state index contributed by atoms with van der Waals surface area (Å²) in [5.74, 6) is -0.0221. The number of aromatic nitrogens is 1. The Bertz CT molecular complexity index is 486. The number of carbonyl (C=O) groups is 1. The fourth-order valence-corrected chi connectivity index (χ4v) is 2.25. The molecule has 0 bridgehead atoms. The van der Waals surface area contributed by atoms with Gasteiger partial charge in [-0.05, 0) is 31.0 Å². The lowest BCUT2D eigenvalue weighted by Gasteiger charge is -2.16. The van der Waals surface area contributed by atoms with Crippen LogP contribution in [0.25, 0.3) is 0 Å². The number of esters is 1. The third-order valence-electron chi connectivity index (χ3n) is 3.19. The summed E-state index contributed by atoms with van der Waals surface area (Å²) in [6.45, 7) is 2.25. The second-order valence-electron chi connectivity index (χ2n) is 4.56. The quantitative estimate of drug-likeness (QED) is 0.753.